The molecule has 1 fully saturated rings. The molecule has 1 aromatic carbocycles. The Labute approximate surface area is 135 Å². The molecule has 0 spiro atoms. The molecule has 0 aromatic heterocycles. The molecule has 0 bridgehead atoms. The predicted octanol–water partition coefficient (Wildman–Crippen LogP) is 4.20. The first-order valence-corrected chi connectivity index (χ1v) is 7.86. The van der Waals surface area contributed by atoms with Crippen molar-refractivity contribution in [2.75, 3.05) is 0 Å². The normalized spacial score (nSPS) is 18.4. The molecule has 0 aliphatic heterocycles. The van der Waals surface area contributed by atoms with Crippen LogP contribution in [0.15, 0.2) is 0 Å². The average molecular weight is 312 g/mol. The standard InChI is InChI=1S/C18H29NO.ClH/c1-10-11(2)13(4)16(14(5)12(10)3)17(19)18(20)15-8-6-7-9-15;/h15,17-18,20H,6-9,19H2,1-5H3;1H/t17-,18+;/m1./s1. The fourth-order valence-electron chi connectivity index (χ4n) is 3.79. The Morgan fingerprint density at radius 2 is 1.24 bits per heavy atom. The molecule has 0 unspecified atom stereocenters. The minimum absolute atomic E-state index is 0. The molecule has 120 valence electrons. The Hall–Kier alpha value is -0.570. The zero-order valence-corrected chi connectivity index (χ0v) is 14.8. The minimum Gasteiger partial charge on any atom is -0.391 e. The summed E-state index contributed by atoms with van der Waals surface area (Å²) in [6, 6.07) is -0.254. The van der Waals surface area contributed by atoms with E-state index in [-0.39, 0.29) is 18.4 Å². The summed E-state index contributed by atoms with van der Waals surface area (Å²) in [7, 11) is 0. The molecule has 1 aromatic rings. The van der Waals surface area contributed by atoms with Crippen LogP contribution < -0.4 is 5.73 Å². The van der Waals surface area contributed by atoms with Crippen LogP contribution >= 0.6 is 12.4 Å². The summed E-state index contributed by atoms with van der Waals surface area (Å²) in [6.45, 7) is 10.8. The van der Waals surface area contributed by atoms with Crippen molar-refractivity contribution in [2.24, 2.45) is 11.7 Å². The lowest BCUT2D eigenvalue weighted by Gasteiger charge is -2.29. The lowest BCUT2D eigenvalue weighted by molar-refractivity contribution is 0.0840. The van der Waals surface area contributed by atoms with E-state index >= 15 is 0 Å². The summed E-state index contributed by atoms with van der Waals surface area (Å²) in [5.41, 5.74) is 14.1. The van der Waals surface area contributed by atoms with E-state index < -0.39 is 6.10 Å². The van der Waals surface area contributed by atoms with E-state index in [0.717, 1.165) is 12.8 Å². The third kappa shape index (κ3) is 3.28. The van der Waals surface area contributed by atoms with E-state index in [0.29, 0.717) is 5.92 Å². The first kappa shape index (κ1) is 18.5. The van der Waals surface area contributed by atoms with Crippen LogP contribution in [0.2, 0.25) is 0 Å². The number of halogens is 1. The predicted molar refractivity (Wildman–Crippen MR) is 92.3 cm³/mol. The molecule has 0 saturated heterocycles. The molecular formula is C18H30ClNO. The molecule has 3 heteroatoms. The first-order valence-electron chi connectivity index (χ1n) is 7.86. The van der Waals surface area contributed by atoms with Gasteiger partial charge < -0.3 is 10.8 Å². The van der Waals surface area contributed by atoms with Crippen LogP contribution in [0, 0.1) is 40.5 Å². The summed E-state index contributed by atoms with van der Waals surface area (Å²) in [6.07, 6.45) is 4.31. The van der Waals surface area contributed by atoms with Crippen molar-refractivity contribution in [3.05, 3.63) is 33.4 Å². The smallest absolute Gasteiger partial charge is 0.0761 e. The second-order valence-electron chi connectivity index (χ2n) is 6.60. The molecule has 0 radical (unpaired) electrons. The van der Waals surface area contributed by atoms with E-state index in [9.17, 15) is 5.11 Å². The van der Waals surface area contributed by atoms with Gasteiger partial charge in [-0.15, -0.1) is 12.4 Å². The maximum Gasteiger partial charge on any atom is 0.0761 e. The summed E-state index contributed by atoms with van der Waals surface area (Å²) in [4.78, 5) is 0. The van der Waals surface area contributed by atoms with Crippen LogP contribution in [-0.2, 0) is 0 Å². The van der Waals surface area contributed by atoms with Crippen molar-refractivity contribution in [1.82, 2.24) is 0 Å². The highest BCUT2D eigenvalue weighted by atomic mass is 35.5. The van der Waals surface area contributed by atoms with E-state index in [1.807, 2.05) is 0 Å². The van der Waals surface area contributed by atoms with Crippen LogP contribution in [0.3, 0.4) is 0 Å². The average Bonchev–Trinajstić information content (AvgIpc) is 2.96. The summed E-state index contributed by atoms with van der Waals surface area (Å²) < 4.78 is 0. The van der Waals surface area contributed by atoms with Crippen molar-refractivity contribution >= 4 is 12.4 Å². The van der Waals surface area contributed by atoms with E-state index in [4.69, 9.17) is 5.73 Å². The fourth-order valence-corrected chi connectivity index (χ4v) is 3.79. The monoisotopic (exact) mass is 311 g/mol. The maximum absolute atomic E-state index is 10.6. The van der Waals surface area contributed by atoms with Crippen molar-refractivity contribution in [2.45, 2.75) is 72.4 Å². The Balaban J connectivity index is 0.00000220. The maximum atomic E-state index is 10.6. The van der Waals surface area contributed by atoms with Crippen molar-refractivity contribution in [3.63, 3.8) is 0 Å². The van der Waals surface area contributed by atoms with Gasteiger partial charge in [0.05, 0.1) is 12.1 Å². The van der Waals surface area contributed by atoms with E-state index in [1.165, 1.54) is 46.2 Å². The molecule has 1 aliphatic carbocycles. The SMILES string of the molecule is Cc1c(C)c(C)c([C@@H](N)[C@@H](O)C2CCCC2)c(C)c1C.Cl. The van der Waals surface area contributed by atoms with Gasteiger partial charge >= 0.3 is 0 Å². The van der Waals surface area contributed by atoms with Gasteiger partial charge in [-0.1, -0.05) is 12.8 Å². The van der Waals surface area contributed by atoms with E-state index in [1.54, 1.807) is 0 Å². The molecule has 0 amide bonds. The Kier molecular flexibility index (Phi) is 6.27. The quantitative estimate of drug-likeness (QED) is 0.878. The molecule has 2 rings (SSSR count). The van der Waals surface area contributed by atoms with Crippen LogP contribution in [0.1, 0.15) is 65.1 Å². The fraction of sp³-hybridized carbons (Fsp3) is 0.667. The number of nitrogens with two attached hydrogens (primary N) is 1. The third-order valence-electron chi connectivity index (χ3n) is 5.64. The highest BCUT2D eigenvalue weighted by Crippen LogP contribution is 2.36. The van der Waals surface area contributed by atoms with Crippen LogP contribution in [0.4, 0.5) is 0 Å². The Bertz CT molecular complexity index is 477. The van der Waals surface area contributed by atoms with Gasteiger partial charge in [0, 0.05) is 0 Å². The number of benzene rings is 1. The highest BCUT2D eigenvalue weighted by molar-refractivity contribution is 5.85. The number of hydrogen-bond donors (Lipinski definition) is 2. The molecule has 2 nitrogen and oxygen atoms in total. The van der Waals surface area contributed by atoms with Gasteiger partial charge in [0.25, 0.3) is 0 Å². The summed E-state index contributed by atoms with van der Waals surface area (Å²) in [5, 5.41) is 10.6. The molecule has 1 aliphatic rings. The molecule has 0 heterocycles. The topological polar surface area (TPSA) is 46.2 Å². The first-order chi connectivity index (χ1) is 9.36. The van der Waals surface area contributed by atoms with Gasteiger partial charge in [0.1, 0.15) is 0 Å². The summed E-state index contributed by atoms with van der Waals surface area (Å²) >= 11 is 0. The molecule has 21 heavy (non-hydrogen) atoms. The molecule has 3 N–H and O–H groups in total. The largest absolute Gasteiger partial charge is 0.391 e. The van der Waals surface area contributed by atoms with Crippen LogP contribution in [0.5, 0.6) is 0 Å². The van der Waals surface area contributed by atoms with E-state index in [2.05, 4.69) is 34.6 Å². The summed E-state index contributed by atoms with van der Waals surface area (Å²) in [5.74, 6) is 0.380. The van der Waals surface area contributed by atoms with Gasteiger partial charge in [-0.25, -0.2) is 0 Å². The number of rotatable bonds is 3. The lowest BCUT2D eigenvalue weighted by atomic mass is 9.82. The minimum atomic E-state index is -0.406. The second kappa shape index (κ2) is 7.13. The number of aliphatic hydroxyl groups is 1. The zero-order chi connectivity index (χ0) is 15.0. The van der Waals surface area contributed by atoms with Crippen LogP contribution in [-0.4, -0.2) is 11.2 Å². The van der Waals surface area contributed by atoms with Crippen molar-refractivity contribution in [1.29, 1.82) is 0 Å². The van der Waals surface area contributed by atoms with Gasteiger partial charge in [-0.3, -0.25) is 0 Å². The van der Waals surface area contributed by atoms with Crippen LogP contribution in [0.25, 0.3) is 0 Å². The van der Waals surface area contributed by atoms with Crippen molar-refractivity contribution in [3.8, 4) is 0 Å². The third-order valence-corrected chi connectivity index (χ3v) is 5.64. The number of aliphatic hydroxyl groups excluding tert-OH is 1. The van der Waals surface area contributed by atoms with Crippen molar-refractivity contribution < 1.29 is 5.11 Å². The molecule has 2 atom stereocenters. The van der Waals surface area contributed by atoms with Gasteiger partial charge in [0.2, 0.25) is 0 Å². The Morgan fingerprint density at radius 3 is 1.67 bits per heavy atom. The number of hydrogen-bond acceptors (Lipinski definition) is 2. The Morgan fingerprint density at radius 1 is 0.857 bits per heavy atom. The second-order valence-corrected chi connectivity index (χ2v) is 6.60. The van der Waals surface area contributed by atoms with Gasteiger partial charge in [0.15, 0.2) is 0 Å². The van der Waals surface area contributed by atoms with Gasteiger partial charge in [-0.2, -0.15) is 0 Å². The molecular weight excluding hydrogens is 282 g/mol. The lowest BCUT2D eigenvalue weighted by Crippen LogP contribution is -2.33. The zero-order valence-electron chi connectivity index (χ0n) is 14.0. The molecule has 1 saturated carbocycles. The van der Waals surface area contributed by atoms with Gasteiger partial charge in [-0.05, 0) is 86.8 Å². The highest BCUT2D eigenvalue weighted by Gasteiger charge is 2.31.